The van der Waals surface area contributed by atoms with Crippen LogP contribution in [0.3, 0.4) is 0 Å². The third-order valence-corrected chi connectivity index (χ3v) is 3.13. The molecule has 0 spiro atoms. The van der Waals surface area contributed by atoms with Crippen molar-refractivity contribution in [2.45, 2.75) is 6.54 Å². The fourth-order valence-electron chi connectivity index (χ4n) is 1.87. The summed E-state index contributed by atoms with van der Waals surface area (Å²) in [5.41, 5.74) is 1.16. The van der Waals surface area contributed by atoms with Crippen LogP contribution in [0, 0.1) is 17.1 Å². The van der Waals surface area contributed by atoms with E-state index in [9.17, 15) is 9.50 Å². The Bertz CT molecular complexity index is 714. The lowest BCUT2D eigenvalue weighted by Gasteiger charge is -2.12. The molecule has 2 rings (SSSR count). The largest absolute Gasteiger partial charge is 0.504 e. The van der Waals surface area contributed by atoms with Gasteiger partial charge in [0.15, 0.2) is 11.5 Å². The van der Waals surface area contributed by atoms with E-state index in [0.717, 1.165) is 6.07 Å². The number of nitrogens with one attached hydrogen (secondary N) is 1. The summed E-state index contributed by atoms with van der Waals surface area (Å²) in [6.07, 6.45) is 0. The van der Waals surface area contributed by atoms with Gasteiger partial charge in [-0.25, -0.2) is 4.39 Å². The maximum Gasteiger partial charge on any atom is 0.162 e. The minimum Gasteiger partial charge on any atom is -0.504 e. The average Bonchev–Trinajstić information content (AvgIpc) is 2.48. The summed E-state index contributed by atoms with van der Waals surface area (Å²) in [5, 5.41) is 22.4. The van der Waals surface area contributed by atoms with E-state index in [1.165, 1.54) is 25.3 Å². The van der Waals surface area contributed by atoms with Crippen LogP contribution in [0.5, 0.6) is 11.5 Å². The van der Waals surface area contributed by atoms with E-state index in [1.54, 1.807) is 6.07 Å². The van der Waals surface area contributed by atoms with Gasteiger partial charge in [-0.1, -0.05) is 11.6 Å². The van der Waals surface area contributed by atoms with Crippen LogP contribution in [0.1, 0.15) is 11.1 Å². The summed E-state index contributed by atoms with van der Waals surface area (Å²) in [6, 6.07) is 8.85. The molecule has 0 aliphatic rings. The first-order valence-corrected chi connectivity index (χ1v) is 6.42. The van der Waals surface area contributed by atoms with Crippen molar-refractivity contribution in [1.29, 1.82) is 5.26 Å². The molecule has 0 saturated heterocycles. The Labute approximate surface area is 126 Å². The Kier molecular flexibility index (Phi) is 4.51. The van der Waals surface area contributed by atoms with E-state index in [-0.39, 0.29) is 23.6 Å². The summed E-state index contributed by atoms with van der Waals surface area (Å²) in [7, 11) is 1.43. The van der Waals surface area contributed by atoms with Gasteiger partial charge in [0, 0.05) is 23.2 Å². The number of aromatic hydroxyl groups is 1. The molecule has 21 heavy (non-hydrogen) atoms. The molecule has 2 aromatic rings. The maximum atomic E-state index is 13.1. The van der Waals surface area contributed by atoms with Gasteiger partial charge in [-0.15, -0.1) is 0 Å². The zero-order chi connectivity index (χ0) is 15.4. The molecule has 0 aliphatic heterocycles. The van der Waals surface area contributed by atoms with Crippen molar-refractivity contribution in [1.82, 2.24) is 0 Å². The number of methoxy groups -OCH3 is 1. The molecule has 6 heteroatoms. The summed E-state index contributed by atoms with van der Waals surface area (Å²) >= 11 is 5.94. The third kappa shape index (κ3) is 3.36. The smallest absolute Gasteiger partial charge is 0.162 e. The van der Waals surface area contributed by atoms with E-state index in [4.69, 9.17) is 21.6 Å². The van der Waals surface area contributed by atoms with Crippen molar-refractivity contribution in [2.24, 2.45) is 0 Å². The minimum atomic E-state index is -0.482. The Balaban J connectivity index is 2.25. The number of nitrogens with zero attached hydrogens (tertiary/aromatic N) is 1. The molecule has 2 N–H and O–H groups in total. The summed E-state index contributed by atoms with van der Waals surface area (Å²) in [4.78, 5) is 0. The zero-order valence-corrected chi connectivity index (χ0v) is 11.9. The predicted molar refractivity (Wildman–Crippen MR) is 78.1 cm³/mol. The lowest BCUT2D eigenvalue weighted by Crippen LogP contribution is -2.02. The molecular formula is C15H12ClFN2O2. The van der Waals surface area contributed by atoms with Gasteiger partial charge in [-0.3, -0.25) is 0 Å². The van der Waals surface area contributed by atoms with E-state index >= 15 is 0 Å². The van der Waals surface area contributed by atoms with Crippen LogP contribution in [0.2, 0.25) is 5.02 Å². The van der Waals surface area contributed by atoms with Crippen LogP contribution in [0.4, 0.5) is 10.1 Å². The Morgan fingerprint density at radius 2 is 2.14 bits per heavy atom. The number of phenols is 1. The first-order chi connectivity index (χ1) is 10.0. The van der Waals surface area contributed by atoms with Crippen molar-refractivity contribution >= 4 is 17.3 Å². The number of benzene rings is 2. The van der Waals surface area contributed by atoms with E-state index in [2.05, 4.69) is 5.32 Å². The molecule has 0 aliphatic carbocycles. The molecule has 0 radical (unpaired) electrons. The van der Waals surface area contributed by atoms with Crippen molar-refractivity contribution in [3.8, 4) is 17.6 Å². The molecule has 0 fully saturated rings. The molecule has 0 aromatic heterocycles. The molecular weight excluding hydrogens is 295 g/mol. The summed E-state index contributed by atoms with van der Waals surface area (Å²) < 4.78 is 18.1. The quantitative estimate of drug-likeness (QED) is 0.904. The topological polar surface area (TPSA) is 65.3 Å². The normalized spacial score (nSPS) is 10.0. The van der Waals surface area contributed by atoms with Gasteiger partial charge in [-0.05, 0) is 24.3 Å². The number of phenolic OH excluding ortho intramolecular Hbond substituents is 1. The lowest BCUT2D eigenvalue weighted by atomic mass is 10.1. The molecule has 0 heterocycles. The van der Waals surface area contributed by atoms with Crippen LogP contribution >= 0.6 is 11.6 Å². The fourth-order valence-corrected chi connectivity index (χ4v) is 2.10. The molecule has 0 amide bonds. The Morgan fingerprint density at radius 1 is 1.38 bits per heavy atom. The number of ether oxygens (including phenoxy) is 1. The predicted octanol–water partition coefficient (Wildman–Crippen LogP) is 3.68. The number of rotatable bonds is 4. The molecule has 0 saturated carbocycles. The number of anilines is 1. The average molecular weight is 307 g/mol. The van der Waals surface area contributed by atoms with Crippen LogP contribution in [0.15, 0.2) is 30.3 Å². The molecule has 0 unspecified atom stereocenters. The molecule has 4 nitrogen and oxygen atoms in total. The van der Waals surface area contributed by atoms with E-state index < -0.39 is 5.82 Å². The molecule has 0 atom stereocenters. The number of hydrogen-bond acceptors (Lipinski definition) is 4. The fraction of sp³-hybridized carbons (Fsp3) is 0.133. The maximum absolute atomic E-state index is 13.1. The highest BCUT2D eigenvalue weighted by Gasteiger charge is 2.11. The molecule has 108 valence electrons. The van der Waals surface area contributed by atoms with Gasteiger partial charge in [-0.2, -0.15) is 5.26 Å². The molecule has 2 aromatic carbocycles. The zero-order valence-electron chi connectivity index (χ0n) is 11.2. The number of halogens is 2. The van der Waals surface area contributed by atoms with Crippen molar-refractivity contribution in [3.05, 3.63) is 52.3 Å². The van der Waals surface area contributed by atoms with Crippen LogP contribution in [-0.4, -0.2) is 12.2 Å². The van der Waals surface area contributed by atoms with Gasteiger partial charge in [0.05, 0.1) is 18.4 Å². The van der Waals surface area contributed by atoms with Crippen LogP contribution in [0.25, 0.3) is 0 Å². The van der Waals surface area contributed by atoms with Crippen molar-refractivity contribution in [3.63, 3.8) is 0 Å². The van der Waals surface area contributed by atoms with E-state index in [0.29, 0.717) is 16.3 Å². The first-order valence-electron chi connectivity index (χ1n) is 6.04. The first kappa shape index (κ1) is 14.9. The van der Waals surface area contributed by atoms with Gasteiger partial charge >= 0.3 is 0 Å². The Hall–Kier alpha value is -2.45. The Morgan fingerprint density at radius 3 is 2.81 bits per heavy atom. The van der Waals surface area contributed by atoms with Gasteiger partial charge in [0.1, 0.15) is 11.9 Å². The highest BCUT2D eigenvalue weighted by atomic mass is 35.5. The molecule has 0 bridgehead atoms. The number of nitriles is 1. The van der Waals surface area contributed by atoms with Gasteiger partial charge < -0.3 is 15.2 Å². The van der Waals surface area contributed by atoms with Crippen molar-refractivity contribution in [2.75, 3.05) is 12.4 Å². The second-order valence-electron chi connectivity index (χ2n) is 4.27. The standard InChI is InChI=1S/C15H12ClFN2O2/c1-21-14-6-11(16)4-10(15(14)20)8-19-13-3-2-12(17)5-9(13)7-18/h2-6,19-20H,8H2,1H3. The van der Waals surface area contributed by atoms with Crippen LogP contribution in [-0.2, 0) is 6.54 Å². The minimum absolute atomic E-state index is 0.0324. The summed E-state index contributed by atoms with van der Waals surface area (Å²) in [6.45, 7) is 0.211. The highest BCUT2D eigenvalue weighted by molar-refractivity contribution is 6.30. The lowest BCUT2D eigenvalue weighted by molar-refractivity contribution is 0.371. The van der Waals surface area contributed by atoms with Crippen molar-refractivity contribution < 1.29 is 14.2 Å². The monoisotopic (exact) mass is 306 g/mol. The highest BCUT2D eigenvalue weighted by Crippen LogP contribution is 2.34. The SMILES string of the molecule is COc1cc(Cl)cc(CNc2ccc(F)cc2C#N)c1O. The second-order valence-corrected chi connectivity index (χ2v) is 4.71. The van der Waals surface area contributed by atoms with Crippen LogP contribution < -0.4 is 10.1 Å². The van der Waals surface area contributed by atoms with Gasteiger partial charge in [0.25, 0.3) is 0 Å². The summed E-state index contributed by atoms with van der Waals surface area (Å²) in [5.74, 6) is -0.252. The van der Waals surface area contributed by atoms with Gasteiger partial charge in [0.2, 0.25) is 0 Å². The number of hydrogen-bond donors (Lipinski definition) is 2. The second kappa shape index (κ2) is 6.33. The third-order valence-electron chi connectivity index (χ3n) is 2.91. The van der Waals surface area contributed by atoms with E-state index in [1.807, 2.05) is 6.07 Å².